The number of aromatic nitrogens is 2. The molecule has 2 aromatic heterocycles. The van der Waals surface area contributed by atoms with Crippen molar-refractivity contribution in [2.45, 2.75) is 52.6 Å². The normalized spacial score (nSPS) is 11.5. The van der Waals surface area contributed by atoms with E-state index >= 15 is 0 Å². The molecule has 0 bridgehead atoms. The standard InChI is InChI=1S/2C24H22ClFN4O2.2H2/c2*1-14-20(13-27)23(28-15(2)22(14)25)29-21(12-16-4-10-19(31)11-5-16)24(32)30(3)18-8-6-17(26)7-9-18;;/h2*4-11,21,31H,12H2,1-3H3,(H,28,29);2*1H/t2*21-;;/m10../s1. The van der Waals surface area contributed by atoms with E-state index in [2.05, 4.69) is 32.7 Å². The number of likely N-dealkylation sites (N-methyl/N-ethyl adjacent to an activating group) is 2. The summed E-state index contributed by atoms with van der Waals surface area (Å²) >= 11 is 12.5. The molecule has 0 radical (unpaired) electrons. The van der Waals surface area contributed by atoms with Gasteiger partial charge in [-0.25, -0.2) is 18.7 Å². The lowest BCUT2D eigenvalue weighted by Crippen LogP contribution is -2.42. The van der Waals surface area contributed by atoms with E-state index in [-0.39, 0.29) is 61.8 Å². The van der Waals surface area contributed by atoms with Gasteiger partial charge in [0.15, 0.2) is 0 Å². The average Bonchev–Trinajstić information content (AvgIpc) is 3.28. The lowest BCUT2D eigenvalue weighted by atomic mass is 10.0. The minimum absolute atomic E-state index is 0. The van der Waals surface area contributed by atoms with Gasteiger partial charge in [-0.05, 0) is 123 Å². The molecular formula is C48H48Cl2F2N8O4. The van der Waals surface area contributed by atoms with Crippen molar-refractivity contribution in [3.63, 3.8) is 0 Å². The molecule has 4 N–H and O–H groups in total. The average molecular weight is 910 g/mol. The van der Waals surface area contributed by atoms with Crippen LogP contribution in [0.5, 0.6) is 11.5 Å². The SMILES string of the molecule is Cc1nc(N[C@@H](Cc2ccc(O)cc2)C(=O)N(C)c2ccc(F)cc2)c(C#N)c(C)c1Cl.Cc1nc(N[C@H](Cc2ccc(O)cc2)C(=O)N(C)c2ccc(F)cc2)c(C#N)c(C)c1Cl.[HH].[HH]. The molecule has 16 heteroatoms. The summed E-state index contributed by atoms with van der Waals surface area (Å²) in [4.78, 5) is 38.5. The molecule has 6 aromatic rings. The van der Waals surface area contributed by atoms with E-state index in [9.17, 15) is 39.1 Å². The number of carbonyl (C=O) groups is 2. The zero-order chi connectivity index (χ0) is 46.8. The van der Waals surface area contributed by atoms with Gasteiger partial charge in [-0.2, -0.15) is 10.5 Å². The second-order valence-electron chi connectivity index (χ2n) is 14.8. The van der Waals surface area contributed by atoms with Crippen molar-refractivity contribution in [2.75, 3.05) is 34.5 Å². The Balaban J connectivity index is 0.000000340. The Morgan fingerprint density at radius 1 is 0.625 bits per heavy atom. The number of amides is 2. The summed E-state index contributed by atoms with van der Waals surface area (Å²) in [6.07, 6.45) is 0.524. The van der Waals surface area contributed by atoms with Crippen LogP contribution < -0.4 is 20.4 Å². The van der Waals surface area contributed by atoms with Crippen LogP contribution in [0, 0.1) is 62.0 Å². The van der Waals surface area contributed by atoms with E-state index in [0.717, 1.165) is 11.1 Å². The third-order valence-corrected chi connectivity index (χ3v) is 11.5. The molecule has 64 heavy (non-hydrogen) atoms. The van der Waals surface area contributed by atoms with Crippen molar-refractivity contribution in [1.82, 2.24) is 9.97 Å². The fourth-order valence-electron chi connectivity index (χ4n) is 6.66. The Labute approximate surface area is 382 Å². The maximum atomic E-state index is 13.4. The number of anilines is 4. The number of nitrogens with zero attached hydrogens (tertiary/aromatic N) is 6. The number of halogens is 4. The molecule has 0 saturated heterocycles. The summed E-state index contributed by atoms with van der Waals surface area (Å²) in [5, 5.41) is 45.5. The maximum absolute atomic E-state index is 13.4. The van der Waals surface area contributed by atoms with Crippen LogP contribution in [-0.4, -0.2) is 58.2 Å². The second kappa shape index (κ2) is 21.2. The fraction of sp³-hybridized carbons (Fsp3) is 0.208. The van der Waals surface area contributed by atoms with Crippen molar-refractivity contribution in [2.24, 2.45) is 0 Å². The van der Waals surface area contributed by atoms with Crippen LogP contribution in [0.4, 0.5) is 31.8 Å². The number of nitriles is 2. The van der Waals surface area contributed by atoms with Gasteiger partial charge in [-0.3, -0.25) is 9.59 Å². The monoisotopic (exact) mass is 908 g/mol. The molecule has 2 amide bonds. The number of benzene rings is 4. The lowest BCUT2D eigenvalue weighted by molar-refractivity contribution is -0.119. The van der Waals surface area contributed by atoms with Crippen molar-refractivity contribution < 1.29 is 31.4 Å². The Bertz CT molecular complexity index is 2550. The minimum Gasteiger partial charge on any atom is -0.508 e. The number of hydrogen-bond acceptors (Lipinski definition) is 10. The third kappa shape index (κ3) is 11.6. The van der Waals surface area contributed by atoms with Crippen molar-refractivity contribution in [1.29, 1.82) is 10.5 Å². The van der Waals surface area contributed by atoms with Gasteiger partial charge in [-0.15, -0.1) is 0 Å². The molecule has 0 spiro atoms. The number of hydrogen-bond donors (Lipinski definition) is 4. The summed E-state index contributed by atoms with van der Waals surface area (Å²) < 4.78 is 26.6. The van der Waals surface area contributed by atoms with E-state index in [1.54, 1.807) is 66.1 Å². The lowest BCUT2D eigenvalue weighted by Gasteiger charge is -2.26. The first kappa shape index (κ1) is 47.8. The molecule has 332 valence electrons. The molecule has 0 unspecified atom stereocenters. The second-order valence-corrected chi connectivity index (χ2v) is 15.6. The highest BCUT2D eigenvalue weighted by Gasteiger charge is 2.28. The highest BCUT2D eigenvalue weighted by atomic mass is 35.5. The predicted molar refractivity (Wildman–Crippen MR) is 249 cm³/mol. The summed E-state index contributed by atoms with van der Waals surface area (Å²) in [6, 6.07) is 26.8. The third-order valence-electron chi connectivity index (χ3n) is 10.4. The van der Waals surface area contributed by atoms with E-state index in [1.165, 1.54) is 82.6 Å². The Kier molecular flexibility index (Phi) is 15.8. The van der Waals surface area contributed by atoms with E-state index < -0.39 is 23.7 Å². The van der Waals surface area contributed by atoms with Crippen LogP contribution in [0.2, 0.25) is 10.0 Å². The molecule has 0 aliphatic carbocycles. The smallest absolute Gasteiger partial charge is 0.249 e. The summed E-state index contributed by atoms with van der Waals surface area (Å²) in [6.45, 7) is 6.90. The van der Waals surface area contributed by atoms with Gasteiger partial charge in [0.25, 0.3) is 0 Å². The van der Waals surface area contributed by atoms with Crippen LogP contribution in [0.3, 0.4) is 0 Å². The van der Waals surface area contributed by atoms with Crippen molar-refractivity contribution >= 4 is 58.0 Å². The van der Waals surface area contributed by atoms with E-state index in [0.29, 0.717) is 43.9 Å². The van der Waals surface area contributed by atoms with Crippen LogP contribution in [0.15, 0.2) is 97.1 Å². The van der Waals surface area contributed by atoms with Gasteiger partial charge < -0.3 is 30.6 Å². The first-order valence-electron chi connectivity index (χ1n) is 19.7. The summed E-state index contributed by atoms with van der Waals surface area (Å²) in [7, 11) is 3.19. The number of aryl methyl sites for hydroxylation is 2. The number of phenols is 2. The topological polar surface area (TPSA) is 178 Å². The number of aromatic hydroxyl groups is 2. The zero-order valence-corrected chi connectivity index (χ0v) is 37.2. The Morgan fingerprint density at radius 2 is 0.938 bits per heavy atom. The van der Waals surface area contributed by atoms with E-state index in [1.807, 2.05) is 0 Å². The number of nitrogens with one attached hydrogen (secondary N) is 2. The molecule has 2 heterocycles. The van der Waals surface area contributed by atoms with Gasteiger partial charge in [0.2, 0.25) is 11.8 Å². The first-order valence-corrected chi connectivity index (χ1v) is 20.5. The fourth-order valence-corrected chi connectivity index (χ4v) is 6.94. The quantitative estimate of drug-likeness (QED) is 0.0924. The molecule has 0 aliphatic rings. The molecule has 2 atom stereocenters. The molecule has 4 aromatic carbocycles. The van der Waals surface area contributed by atoms with Gasteiger partial charge >= 0.3 is 0 Å². The van der Waals surface area contributed by atoms with Gasteiger partial charge in [-0.1, -0.05) is 47.5 Å². The van der Waals surface area contributed by atoms with Crippen LogP contribution in [-0.2, 0) is 22.4 Å². The Hall–Kier alpha value is -7.26. The van der Waals surface area contributed by atoms with Gasteiger partial charge in [0, 0.05) is 41.2 Å². The number of carbonyl (C=O) groups excluding carboxylic acids is 2. The zero-order valence-electron chi connectivity index (χ0n) is 35.7. The maximum Gasteiger partial charge on any atom is 0.249 e. The molecule has 0 aliphatic heterocycles. The molecule has 0 saturated carbocycles. The molecule has 6 rings (SSSR count). The van der Waals surface area contributed by atoms with Crippen LogP contribution in [0.1, 0.15) is 47.6 Å². The van der Waals surface area contributed by atoms with Gasteiger partial charge in [0.05, 0.1) is 32.6 Å². The summed E-state index contributed by atoms with van der Waals surface area (Å²) in [5.74, 6) is -0.656. The van der Waals surface area contributed by atoms with Crippen molar-refractivity contribution in [3.05, 3.63) is 164 Å². The Morgan fingerprint density at radius 3 is 1.23 bits per heavy atom. The van der Waals surface area contributed by atoms with Crippen LogP contribution in [0.25, 0.3) is 0 Å². The van der Waals surface area contributed by atoms with Crippen LogP contribution >= 0.6 is 23.2 Å². The number of pyridine rings is 2. The minimum atomic E-state index is -0.797. The number of rotatable bonds is 12. The summed E-state index contributed by atoms with van der Waals surface area (Å²) in [5.41, 5.74) is 5.36. The van der Waals surface area contributed by atoms with Crippen molar-refractivity contribution in [3.8, 4) is 23.6 Å². The largest absolute Gasteiger partial charge is 0.508 e. The molecular weight excluding hydrogens is 861 g/mol. The predicted octanol–water partition coefficient (Wildman–Crippen LogP) is 10.0. The number of phenolic OH excluding ortho intramolecular Hbond substituents is 2. The highest BCUT2D eigenvalue weighted by molar-refractivity contribution is 6.32. The van der Waals surface area contributed by atoms with E-state index in [4.69, 9.17) is 23.2 Å². The molecule has 12 nitrogen and oxygen atoms in total. The van der Waals surface area contributed by atoms with Gasteiger partial charge in [0.1, 0.15) is 59.0 Å². The first-order chi connectivity index (χ1) is 30.4. The highest BCUT2D eigenvalue weighted by Crippen LogP contribution is 2.30. The molecule has 0 fully saturated rings.